The van der Waals surface area contributed by atoms with Crippen LogP contribution in [0, 0.1) is 6.92 Å². The Morgan fingerprint density at radius 2 is 1.71 bits per heavy atom. The fourth-order valence-corrected chi connectivity index (χ4v) is 3.34. The maximum Gasteiger partial charge on any atom is 0.255 e. The number of ether oxygens (including phenoxy) is 3. The van der Waals surface area contributed by atoms with Gasteiger partial charge in [-0.05, 0) is 36.8 Å². The maximum absolute atomic E-state index is 12.7. The molecule has 4 rings (SSSR count). The number of amides is 1. The summed E-state index contributed by atoms with van der Waals surface area (Å²) >= 11 is 0. The molecule has 0 unspecified atom stereocenters. The fraction of sp³-hybridized carbons (Fsp3) is 0.167. The van der Waals surface area contributed by atoms with Crippen LogP contribution < -0.4 is 19.5 Å². The molecule has 0 fully saturated rings. The highest BCUT2D eigenvalue weighted by Crippen LogP contribution is 2.33. The number of aromatic amines is 1. The first-order valence-electron chi connectivity index (χ1n) is 9.70. The van der Waals surface area contributed by atoms with Gasteiger partial charge in [0, 0.05) is 28.9 Å². The van der Waals surface area contributed by atoms with E-state index in [0.29, 0.717) is 34.3 Å². The number of hydrogen-bond acceptors (Lipinski definition) is 5. The first kappa shape index (κ1) is 20.3. The lowest BCUT2D eigenvalue weighted by atomic mass is 10.1. The third-order valence-electron chi connectivity index (χ3n) is 5.08. The summed E-state index contributed by atoms with van der Waals surface area (Å²) < 4.78 is 15.9. The standard InChI is InChI=1S/C24H23N3O4/c1-14-8-9-15(11-18(14)27-24(28)16-6-5-7-17(10-16)29-2)23-25-19-12-21(30-3)22(31-4)13-20(19)26-23/h5-13H,1-4H3,(H,25,26)(H,27,28). The molecular weight excluding hydrogens is 394 g/mol. The second kappa shape index (κ2) is 8.39. The van der Waals surface area contributed by atoms with Crippen molar-refractivity contribution in [1.82, 2.24) is 9.97 Å². The van der Waals surface area contributed by atoms with Crippen molar-refractivity contribution in [3.63, 3.8) is 0 Å². The quantitative estimate of drug-likeness (QED) is 0.470. The minimum Gasteiger partial charge on any atom is -0.497 e. The summed E-state index contributed by atoms with van der Waals surface area (Å²) in [5.41, 5.74) is 4.61. The number of carbonyl (C=O) groups excluding carboxylic acids is 1. The summed E-state index contributed by atoms with van der Waals surface area (Å²) in [7, 11) is 4.76. The van der Waals surface area contributed by atoms with Gasteiger partial charge in [0.05, 0.1) is 32.4 Å². The Morgan fingerprint density at radius 3 is 2.45 bits per heavy atom. The third kappa shape index (κ3) is 4.02. The van der Waals surface area contributed by atoms with Crippen molar-refractivity contribution < 1.29 is 19.0 Å². The Labute approximate surface area is 180 Å². The van der Waals surface area contributed by atoms with Gasteiger partial charge in [0.25, 0.3) is 5.91 Å². The van der Waals surface area contributed by atoms with Gasteiger partial charge in [-0.25, -0.2) is 4.98 Å². The maximum atomic E-state index is 12.7. The van der Waals surface area contributed by atoms with E-state index < -0.39 is 0 Å². The van der Waals surface area contributed by atoms with E-state index in [-0.39, 0.29) is 5.91 Å². The molecule has 0 aliphatic carbocycles. The molecule has 1 amide bonds. The van der Waals surface area contributed by atoms with E-state index in [0.717, 1.165) is 22.2 Å². The molecule has 158 valence electrons. The van der Waals surface area contributed by atoms with Crippen LogP contribution >= 0.6 is 0 Å². The number of H-pyrrole nitrogens is 1. The summed E-state index contributed by atoms with van der Waals surface area (Å²) in [5.74, 6) is 2.34. The Hall–Kier alpha value is -4.00. The van der Waals surface area contributed by atoms with E-state index in [1.165, 1.54) is 0 Å². The minimum absolute atomic E-state index is 0.210. The molecule has 0 radical (unpaired) electrons. The lowest BCUT2D eigenvalue weighted by Gasteiger charge is -2.10. The van der Waals surface area contributed by atoms with E-state index >= 15 is 0 Å². The molecule has 4 aromatic rings. The number of methoxy groups -OCH3 is 3. The predicted octanol–water partition coefficient (Wildman–Crippen LogP) is 4.82. The second-order valence-corrected chi connectivity index (χ2v) is 7.03. The van der Waals surface area contributed by atoms with Gasteiger partial charge in [-0.1, -0.05) is 18.2 Å². The monoisotopic (exact) mass is 417 g/mol. The number of imidazole rings is 1. The second-order valence-electron chi connectivity index (χ2n) is 7.03. The number of aromatic nitrogens is 2. The molecule has 0 atom stereocenters. The number of nitrogens with zero attached hydrogens (tertiary/aromatic N) is 1. The summed E-state index contributed by atoms with van der Waals surface area (Å²) in [6.45, 7) is 1.94. The lowest BCUT2D eigenvalue weighted by molar-refractivity contribution is 0.102. The number of aryl methyl sites for hydroxylation is 1. The molecule has 1 aromatic heterocycles. The highest BCUT2D eigenvalue weighted by Gasteiger charge is 2.14. The number of anilines is 1. The van der Waals surface area contributed by atoms with Gasteiger partial charge in [-0.2, -0.15) is 0 Å². The van der Waals surface area contributed by atoms with Crippen LogP contribution in [0.25, 0.3) is 22.4 Å². The molecule has 0 saturated carbocycles. The number of rotatable bonds is 6. The number of nitrogens with one attached hydrogen (secondary N) is 2. The SMILES string of the molecule is COc1cccc(C(=O)Nc2cc(-c3nc4cc(OC)c(OC)cc4[nH]3)ccc2C)c1. The number of carbonyl (C=O) groups is 1. The van der Waals surface area contributed by atoms with Crippen LogP contribution in [0.3, 0.4) is 0 Å². The van der Waals surface area contributed by atoms with Gasteiger partial charge in [0.1, 0.15) is 11.6 Å². The predicted molar refractivity (Wildman–Crippen MR) is 120 cm³/mol. The molecule has 1 heterocycles. The number of hydrogen-bond donors (Lipinski definition) is 2. The van der Waals surface area contributed by atoms with Crippen LogP contribution in [0.1, 0.15) is 15.9 Å². The molecule has 0 aliphatic heterocycles. The summed E-state index contributed by atoms with van der Waals surface area (Å²) in [6, 6.07) is 16.5. The molecule has 7 heteroatoms. The first-order chi connectivity index (χ1) is 15.0. The van der Waals surface area contributed by atoms with Crippen molar-refractivity contribution in [2.75, 3.05) is 26.6 Å². The zero-order valence-electron chi connectivity index (χ0n) is 17.8. The number of benzene rings is 3. The normalized spacial score (nSPS) is 10.7. The van der Waals surface area contributed by atoms with E-state index in [4.69, 9.17) is 14.2 Å². The average Bonchev–Trinajstić information content (AvgIpc) is 3.22. The number of fused-ring (bicyclic) bond motifs is 1. The molecular formula is C24H23N3O4. The highest BCUT2D eigenvalue weighted by molar-refractivity contribution is 6.05. The highest BCUT2D eigenvalue weighted by atomic mass is 16.5. The smallest absolute Gasteiger partial charge is 0.255 e. The van der Waals surface area contributed by atoms with Crippen LogP contribution in [-0.4, -0.2) is 37.2 Å². The van der Waals surface area contributed by atoms with E-state index in [9.17, 15) is 4.79 Å². The zero-order chi connectivity index (χ0) is 22.0. The molecule has 0 bridgehead atoms. The van der Waals surface area contributed by atoms with Crippen molar-refractivity contribution in [2.45, 2.75) is 6.92 Å². The first-order valence-corrected chi connectivity index (χ1v) is 9.70. The summed E-state index contributed by atoms with van der Waals surface area (Å²) in [5, 5.41) is 2.98. The van der Waals surface area contributed by atoms with Crippen molar-refractivity contribution in [3.8, 4) is 28.6 Å². The van der Waals surface area contributed by atoms with E-state index in [1.807, 2.05) is 37.3 Å². The van der Waals surface area contributed by atoms with Gasteiger partial charge in [-0.3, -0.25) is 4.79 Å². The van der Waals surface area contributed by atoms with Gasteiger partial charge in [-0.15, -0.1) is 0 Å². The molecule has 0 saturated heterocycles. The minimum atomic E-state index is -0.210. The average molecular weight is 417 g/mol. The summed E-state index contributed by atoms with van der Waals surface area (Å²) in [6.07, 6.45) is 0. The van der Waals surface area contributed by atoms with Crippen molar-refractivity contribution in [3.05, 3.63) is 65.7 Å². The van der Waals surface area contributed by atoms with Crippen molar-refractivity contribution in [2.24, 2.45) is 0 Å². The van der Waals surface area contributed by atoms with Crippen LogP contribution in [0.4, 0.5) is 5.69 Å². The molecule has 31 heavy (non-hydrogen) atoms. The summed E-state index contributed by atoms with van der Waals surface area (Å²) in [4.78, 5) is 20.7. The Kier molecular flexibility index (Phi) is 5.49. The van der Waals surface area contributed by atoms with Gasteiger partial charge < -0.3 is 24.5 Å². The third-order valence-corrected chi connectivity index (χ3v) is 5.08. The van der Waals surface area contributed by atoms with E-state index in [2.05, 4.69) is 15.3 Å². The molecule has 7 nitrogen and oxygen atoms in total. The Bertz CT molecular complexity index is 1220. The van der Waals surface area contributed by atoms with Crippen LogP contribution in [0.5, 0.6) is 17.2 Å². The zero-order valence-corrected chi connectivity index (χ0v) is 17.8. The van der Waals surface area contributed by atoms with Gasteiger partial charge in [0.15, 0.2) is 11.5 Å². The molecule has 0 spiro atoms. The van der Waals surface area contributed by atoms with Crippen molar-refractivity contribution in [1.29, 1.82) is 0 Å². The van der Waals surface area contributed by atoms with Crippen molar-refractivity contribution >= 4 is 22.6 Å². The molecule has 2 N–H and O–H groups in total. The lowest BCUT2D eigenvalue weighted by Crippen LogP contribution is -2.13. The van der Waals surface area contributed by atoms with Gasteiger partial charge in [0.2, 0.25) is 0 Å². The fourth-order valence-electron chi connectivity index (χ4n) is 3.34. The van der Waals surface area contributed by atoms with Crippen LogP contribution in [-0.2, 0) is 0 Å². The largest absolute Gasteiger partial charge is 0.497 e. The molecule has 3 aromatic carbocycles. The van der Waals surface area contributed by atoms with Crippen LogP contribution in [0.15, 0.2) is 54.6 Å². The van der Waals surface area contributed by atoms with Gasteiger partial charge >= 0.3 is 0 Å². The Morgan fingerprint density at radius 1 is 0.935 bits per heavy atom. The molecule has 0 aliphatic rings. The van der Waals surface area contributed by atoms with Crippen LogP contribution in [0.2, 0.25) is 0 Å². The Balaban J connectivity index is 1.66. The topological polar surface area (TPSA) is 85.5 Å². The van der Waals surface area contributed by atoms with E-state index in [1.54, 1.807) is 45.6 Å².